The summed E-state index contributed by atoms with van der Waals surface area (Å²) in [6.45, 7) is -0.340. The van der Waals surface area contributed by atoms with E-state index in [9.17, 15) is 35.2 Å². The van der Waals surface area contributed by atoms with E-state index in [-0.39, 0.29) is 18.7 Å². The van der Waals surface area contributed by atoms with E-state index >= 15 is 0 Å². The first kappa shape index (κ1) is 23.1. The van der Waals surface area contributed by atoms with Gasteiger partial charge in [-0.2, -0.15) is 0 Å². The maximum Gasteiger partial charge on any atom is 0.303 e. The number of carboxylic acids is 1. The molecule has 2 aromatic rings. The molecule has 2 rings (SSSR count). The second kappa shape index (κ2) is 9.55. The second-order valence-corrected chi connectivity index (χ2v) is 8.56. The van der Waals surface area contributed by atoms with E-state index in [1.165, 1.54) is 11.8 Å². The summed E-state index contributed by atoms with van der Waals surface area (Å²) in [6.07, 6.45) is 0.327. The Morgan fingerprint density at radius 3 is 1.97 bits per heavy atom. The van der Waals surface area contributed by atoms with Crippen LogP contribution in [0.25, 0.3) is 0 Å². The van der Waals surface area contributed by atoms with Gasteiger partial charge in [0.15, 0.2) is 28.2 Å². The van der Waals surface area contributed by atoms with Gasteiger partial charge in [-0.25, -0.2) is 35.1 Å². The molecule has 0 amide bonds. The average molecular weight is 455 g/mol. The van der Waals surface area contributed by atoms with Crippen molar-refractivity contribution in [1.29, 1.82) is 0 Å². The number of thioether (sulfide) groups is 1. The molecule has 12 heteroatoms. The third kappa shape index (κ3) is 5.67. The van der Waals surface area contributed by atoms with Crippen molar-refractivity contribution >= 4 is 27.8 Å². The lowest BCUT2D eigenvalue weighted by atomic mass is 10.1. The number of halogens is 5. The average Bonchev–Trinajstić information content (AvgIpc) is 2.67. The molecule has 0 spiro atoms. The lowest BCUT2D eigenvalue weighted by Crippen LogP contribution is -2.29. The van der Waals surface area contributed by atoms with Crippen LogP contribution in [0.15, 0.2) is 34.1 Å². The van der Waals surface area contributed by atoms with E-state index in [4.69, 9.17) is 5.11 Å². The van der Waals surface area contributed by atoms with Crippen LogP contribution in [0.4, 0.5) is 22.0 Å². The first-order valence-electron chi connectivity index (χ1n) is 7.99. The zero-order chi connectivity index (χ0) is 21.8. The van der Waals surface area contributed by atoms with E-state index in [1.54, 1.807) is 29.0 Å². The van der Waals surface area contributed by atoms with Gasteiger partial charge >= 0.3 is 5.97 Å². The Labute approximate surface area is 167 Å². The van der Waals surface area contributed by atoms with Crippen LogP contribution in [-0.4, -0.2) is 31.8 Å². The largest absolute Gasteiger partial charge is 0.481 e. The van der Waals surface area contributed by atoms with Gasteiger partial charge in [-0.3, -0.25) is 4.79 Å². The molecular formula is C17H14F5NO4S2. The first-order chi connectivity index (χ1) is 13.5. The van der Waals surface area contributed by atoms with Gasteiger partial charge in [-0.1, -0.05) is 12.1 Å². The summed E-state index contributed by atoms with van der Waals surface area (Å²) in [6, 6.07) is 6.76. The van der Waals surface area contributed by atoms with Crippen molar-refractivity contribution in [3.63, 3.8) is 0 Å². The van der Waals surface area contributed by atoms with Gasteiger partial charge in [0, 0.05) is 23.6 Å². The SMILES string of the molecule is O=C(O)CCc1ccc(SCCNS(=O)(=O)c2c(F)c(F)c(F)c(F)c2F)cc1. The standard InChI is InChI=1S/C17H14F5NO4S2/c18-12-13(19)15(21)17(16(22)14(12)20)29(26,27)23-7-8-28-10-4-1-9(2-5-10)3-6-11(24)25/h1-2,4-5,23H,3,6-8H2,(H,24,25). The molecule has 0 aliphatic heterocycles. The summed E-state index contributed by atoms with van der Waals surface area (Å²) < 4.78 is 92.4. The molecule has 0 fully saturated rings. The summed E-state index contributed by atoms with van der Waals surface area (Å²) in [7, 11) is -4.98. The fraction of sp³-hybridized carbons (Fsp3) is 0.235. The third-order valence-corrected chi connectivity index (χ3v) is 6.15. The normalized spacial score (nSPS) is 11.6. The number of hydrogen-bond acceptors (Lipinski definition) is 4. The van der Waals surface area contributed by atoms with Crippen LogP contribution in [0.3, 0.4) is 0 Å². The van der Waals surface area contributed by atoms with Crippen molar-refractivity contribution in [3.8, 4) is 0 Å². The molecule has 5 nitrogen and oxygen atoms in total. The Kier molecular flexibility index (Phi) is 7.60. The second-order valence-electron chi connectivity index (χ2n) is 5.68. The Morgan fingerprint density at radius 1 is 0.931 bits per heavy atom. The summed E-state index contributed by atoms with van der Waals surface area (Å²) in [4.78, 5) is 9.31. The highest BCUT2D eigenvalue weighted by Crippen LogP contribution is 2.26. The molecule has 0 radical (unpaired) electrons. The number of sulfonamides is 1. The van der Waals surface area contributed by atoms with Crippen LogP contribution in [-0.2, 0) is 21.2 Å². The van der Waals surface area contributed by atoms with Gasteiger partial charge in [0.1, 0.15) is 0 Å². The van der Waals surface area contributed by atoms with Gasteiger partial charge in [0.25, 0.3) is 0 Å². The van der Waals surface area contributed by atoms with E-state index < -0.39 is 50.0 Å². The fourth-order valence-corrected chi connectivity index (χ4v) is 4.31. The van der Waals surface area contributed by atoms with Crippen LogP contribution in [0.1, 0.15) is 12.0 Å². The lowest BCUT2D eigenvalue weighted by molar-refractivity contribution is -0.136. The molecule has 2 N–H and O–H groups in total. The highest BCUT2D eigenvalue weighted by molar-refractivity contribution is 7.99. The van der Waals surface area contributed by atoms with Gasteiger partial charge < -0.3 is 5.11 Å². The number of carbonyl (C=O) groups is 1. The molecule has 0 atom stereocenters. The highest BCUT2D eigenvalue weighted by Gasteiger charge is 2.33. The summed E-state index contributed by atoms with van der Waals surface area (Å²) in [5.74, 6) is -12.8. The molecule has 0 saturated heterocycles. The number of carboxylic acid groups (broad SMARTS) is 1. The molecule has 0 bridgehead atoms. The molecule has 0 unspecified atom stereocenters. The molecule has 29 heavy (non-hydrogen) atoms. The predicted molar refractivity (Wildman–Crippen MR) is 94.5 cm³/mol. The molecule has 158 valence electrons. The van der Waals surface area contributed by atoms with Crippen LogP contribution in [0.2, 0.25) is 0 Å². The van der Waals surface area contributed by atoms with Crippen LogP contribution < -0.4 is 4.72 Å². The summed E-state index contributed by atoms with van der Waals surface area (Å²) >= 11 is 1.17. The lowest BCUT2D eigenvalue weighted by Gasteiger charge is -2.10. The minimum Gasteiger partial charge on any atom is -0.481 e. The number of nitrogens with one attached hydrogen (secondary N) is 1. The van der Waals surface area contributed by atoms with Crippen molar-refractivity contribution in [1.82, 2.24) is 4.72 Å². The maximum absolute atomic E-state index is 13.6. The van der Waals surface area contributed by atoms with Crippen LogP contribution in [0.5, 0.6) is 0 Å². The molecular weight excluding hydrogens is 441 g/mol. The number of hydrogen-bond donors (Lipinski definition) is 2. The number of aryl methyl sites for hydroxylation is 1. The van der Waals surface area contributed by atoms with E-state index in [2.05, 4.69) is 0 Å². The predicted octanol–water partition coefficient (Wildman–Crippen LogP) is 3.47. The van der Waals surface area contributed by atoms with E-state index in [0.29, 0.717) is 11.3 Å². The number of rotatable bonds is 9. The van der Waals surface area contributed by atoms with Gasteiger partial charge in [-0.05, 0) is 24.1 Å². The zero-order valence-corrected chi connectivity index (χ0v) is 16.1. The minimum atomic E-state index is -4.98. The monoisotopic (exact) mass is 455 g/mol. The van der Waals surface area contributed by atoms with E-state index in [1.807, 2.05) is 0 Å². The van der Waals surface area contributed by atoms with Crippen molar-refractivity contribution in [2.24, 2.45) is 0 Å². The maximum atomic E-state index is 13.6. The van der Waals surface area contributed by atoms with Gasteiger partial charge in [0.2, 0.25) is 15.8 Å². The highest BCUT2D eigenvalue weighted by atomic mass is 32.2. The molecule has 0 saturated carbocycles. The Morgan fingerprint density at radius 2 is 1.45 bits per heavy atom. The molecule has 0 aliphatic carbocycles. The third-order valence-electron chi connectivity index (χ3n) is 3.65. The van der Waals surface area contributed by atoms with Crippen molar-refractivity contribution < 1.29 is 40.3 Å². The minimum absolute atomic E-state index is 0.0219. The molecule has 0 aliphatic rings. The van der Waals surface area contributed by atoms with Crippen LogP contribution in [0, 0.1) is 29.1 Å². The van der Waals surface area contributed by atoms with Crippen molar-refractivity contribution in [2.45, 2.75) is 22.6 Å². The first-order valence-corrected chi connectivity index (χ1v) is 10.5. The number of aliphatic carboxylic acids is 1. The number of benzene rings is 2. The smallest absolute Gasteiger partial charge is 0.303 e. The summed E-state index contributed by atoms with van der Waals surface area (Å²) in [5.41, 5.74) is 0.795. The van der Waals surface area contributed by atoms with Crippen LogP contribution >= 0.6 is 11.8 Å². The fourth-order valence-electron chi connectivity index (χ4n) is 2.24. The quantitative estimate of drug-likeness (QED) is 0.199. The van der Waals surface area contributed by atoms with E-state index in [0.717, 1.165) is 5.56 Å². The Balaban J connectivity index is 1.98. The molecule has 2 aromatic carbocycles. The van der Waals surface area contributed by atoms with Gasteiger partial charge in [-0.15, -0.1) is 11.8 Å². The van der Waals surface area contributed by atoms with Gasteiger partial charge in [0.05, 0.1) is 0 Å². The Bertz CT molecular complexity index is 984. The van der Waals surface area contributed by atoms with Crippen molar-refractivity contribution in [3.05, 3.63) is 58.9 Å². The summed E-state index contributed by atoms with van der Waals surface area (Å²) in [5, 5.41) is 8.63. The topological polar surface area (TPSA) is 83.5 Å². The van der Waals surface area contributed by atoms with Crippen molar-refractivity contribution in [2.75, 3.05) is 12.3 Å². The zero-order valence-electron chi connectivity index (χ0n) is 14.5. The Hall–Kier alpha value is -2.18. The molecule has 0 aromatic heterocycles. The molecule has 0 heterocycles.